The third-order valence-electron chi connectivity index (χ3n) is 4.72. The number of aromatic hydroxyl groups is 1. The summed E-state index contributed by atoms with van der Waals surface area (Å²) in [4.78, 5) is 27.9. The Labute approximate surface area is 170 Å². The minimum Gasteiger partial charge on any atom is -0.508 e. The minimum atomic E-state index is -0.892. The molecule has 0 aliphatic carbocycles. The molecule has 2 aromatic carbocycles. The first kappa shape index (κ1) is 18.8. The van der Waals surface area contributed by atoms with Crippen molar-refractivity contribution in [2.75, 3.05) is 12.0 Å². The normalized spacial score (nSPS) is 16.4. The van der Waals surface area contributed by atoms with Gasteiger partial charge >= 0.3 is 0 Å². The molecule has 2 heterocycles. The smallest absolute Gasteiger partial charge is 0.294 e. The highest BCUT2D eigenvalue weighted by Crippen LogP contribution is 2.43. The van der Waals surface area contributed by atoms with Crippen molar-refractivity contribution in [3.63, 3.8) is 0 Å². The average Bonchev–Trinajstić information content (AvgIpc) is 3.35. The Morgan fingerprint density at radius 1 is 1.07 bits per heavy atom. The molecular formula is C22H17NO5S. The zero-order valence-electron chi connectivity index (χ0n) is 15.4. The van der Waals surface area contributed by atoms with E-state index in [-0.39, 0.29) is 11.3 Å². The van der Waals surface area contributed by atoms with E-state index in [4.69, 9.17) is 4.74 Å². The van der Waals surface area contributed by atoms with Crippen LogP contribution < -0.4 is 9.64 Å². The van der Waals surface area contributed by atoms with Crippen LogP contribution in [0.1, 0.15) is 21.3 Å². The maximum absolute atomic E-state index is 13.2. The molecule has 1 aromatic heterocycles. The SMILES string of the molecule is COc1cccc(N2C(=O)C(O)=C(C(=O)c3cccs3)C2c2cccc(O)c2)c1. The van der Waals surface area contributed by atoms with Crippen LogP contribution in [0.3, 0.4) is 0 Å². The van der Waals surface area contributed by atoms with E-state index in [9.17, 15) is 19.8 Å². The summed E-state index contributed by atoms with van der Waals surface area (Å²) in [7, 11) is 1.51. The molecule has 6 nitrogen and oxygen atoms in total. The Bertz CT molecular complexity index is 1120. The second-order valence-corrected chi connectivity index (χ2v) is 7.39. The minimum absolute atomic E-state index is 0.00477. The van der Waals surface area contributed by atoms with Crippen molar-refractivity contribution in [2.24, 2.45) is 0 Å². The Morgan fingerprint density at radius 2 is 1.86 bits per heavy atom. The molecule has 1 aliphatic heterocycles. The summed E-state index contributed by atoms with van der Waals surface area (Å²) >= 11 is 1.23. The number of carbonyl (C=O) groups is 2. The van der Waals surface area contributed by atoms with E-state index in [1.165, 1.54) is 35.5 Å². The van der Waals surface area contributed by atoms with E-state index in [0.29, 0.717) is 21.9 Å². The largest absolute Gasteiger partial charge is 0.508 e. The number of anilines is 1. The maximum Gasteiger partial charge on any atom is 0.294 e. The Hall–Kier alpha value is -3.58. The van der Waals surface area contributed by atoms with E-state index < -0.39 is 23.5 Å². The van der Waals surface area contributed by atoms with Crippen molar-refractivity contribution in [1.82, 2.24) is 0 Å². The number of thiophene rings is 1. The lowest BCUT2D eigenvalue weighted by Crippen LogP contribution is -2.31. The van der Waals surface area contributed by atoms with Crippen molar-refractivity contribution < 1.29 is 24.5 Å². The number of ether oxygens (including phenoxy) is 1. The van der Waals surface area contributed by atoms with E-state index >= 15 is 0 Å². The van der Waals surface area contributed by atoms with Gasteiger partial charge in [-0.25, -0.2) is 0 Å². The second-order valence-electron chi connectivity index (χ2n) is 6.44. The highest BCUT2D eigenvalue weighted by molar-refractivity contribution is 7.12. The number of phenols is 1. The zero-order chi connectivity index (χ0) is 20.5. The summed E-state index contributed by atoms with van der Waals surface area (Å²) in [6.45, 7) is 0. The summed E-state index contributed by atoms with van der Waals surface area (Å²) in [6.07, 6.45) is 0. The van der Waals surface area contributed by atoms with E-state index in [2.05, 4.69) is 0 Å². The van der Waals surface area contributed by atoms with Gasteiger partial charge in [-0.3, -0.25) is 14.5 Å². The second kappa shape index (κ2) is 7.44. The molecule has 0 radical (unpaired) electrons. The van der Waals surface area contributed by atoms with Crippen LogP contribution in [-0.2, 0) is 4.79 Å². The fourth-order valence-corrected chi connectivity index (χ4v) is 4.09. The average molecular weight is 407 g/mol. The van der Waals surface area contributed by atoms with Crippen molar-refractivity contribution >= 4 is 28.7 Å². The first-order valence-electron chi connectivity index (χ1n) is 8.79. The highest BCUT2D eigenvalue weighted by atomic mass is 32.1. The zero-order valence-corrected chi connectivity index (χ0v) is 16.2. The number of ketones is 1. The molecule has 2 N–H and O–H groups in total. The Kier molecular flexibility index (Phi) is 4.82. The number of aliphatic hydroxyl groups excluding tert-OH is 1. The van der Waals surface area contributed by atoms with Gasteiger partial charge in [-0.05, 0) is 41.3 Å². The molecule has 0 bridgehead atoms. The van der Waals surface area contributed by atoms with Gasteiger partial charge in [0.05, 0.1) is 23.6 Å². The fourth-order valence-electron chi connectivity index (χ4n) is 3.41. The Morgan fingerprint density at radius 3 is 2.55 bits per heavy atom. The topological polar surface area (TPSA) is 87.1 Å². The van der Waals surface area contributed by atoms with Crippen LogP contribution in [0.4, 0.5) is 5.69 Å². The van der Waals surface area contributed by atoms with Crippen LogP contribution in [0.2, 0.25) is 0 Å². The molecule has 0 fully saturated rings. The van der Waals surface area contributed by atoms with Gasteiger partial charge in [-0.15, -0.1) is 11.3 Å². The number of rotatable bonds is 5. The first-order valence-corrected chi connectivity index (χ1v) is 9.67. The van der Waals surface area contributed by atoms with Gasteiger partial charge in [0.1, 0.15) is 11.5 Å². The summed E-state index contributed by atoms with van der Waals surface area (Å²) in [6, 6.07) is 15.6. The third kappa shape index (κ3) is 3.25. The summed E-state index contributed by atoms with van der Waals surface area (Å²) in [5, 5.41) is 22.4. The molecule has 7 heteroatoms. The number of carbonyl (C=O) groups excluding carboxylic acids is 2. The fraction of sp³-hybridized carbons (Fsp3) is 0.0909. The molecular weight excluding hydrogens is 390 g/mol. The number of nitrogens with zero attached hydrogens (tertiary/aromatic N) is 1. The number of hydrogen-bond donors (Lipinski definition) is 2. The number of Topliss-reactive ketones (excluding diaryl/α,β-unsaturated/α-hetero) is 1. The number of amides is 1. The van der Waals surface area contributed by atoms with Gasteiger partial charge < -0.3 is 14.9 Å². The standard InChI is InChI=1S/C22H17NO5S/c1-28-16-8-3-6-14(12-16)23-19(13-5-2-7-15(24)11-13)18(21(26)22(23)27)20(25)17-9-4-10-29-17/h2-12,19,24,26H,1H3. The van der Waals surface area contributed by atoms with Gasteiger partial charge in [0.2, 0.25) is 5.78 Å². The Balaban J connectivity index is 1.89. The van der Waals surface area contributed by atoms with Crippen molar-refractivity contribution in [3.05, 3.63) is 87.8 Å². The summed E-state index contributed by atoms with van der Waals surface area (Å²) < 4.78 is 5.25. The molecule has 0 saturated heterocycles. The van der Waals surface area contributed by atoms with Gasteiger partial charge in [0.25, 0.3) is 5.91 Å². The van der Waals surface area contributed by atoms with Gasteiger partial charge in [0.15, 0.2) is 5.76 Å². The number of phenolic OH excluding ortho intramolecular Hbond substituents is 1. The predicted octanol–water partition coefficient (Wildman–Crippen LogP) is 4.25. The molecule has 1 unspecified atom stereocenters. The monoisotopic (exact) mass is 407 g/mol. The van der Waals surface area contributed by atoms with Crippen LogP contribution >= 0.6 is 11.3 Å². The summed E-state index contributed by atoms with van der Waals surface area (Å²) in [5.74, 6) is -1.19. The van der Waals surface area contributed by atoms with Crippen molar-refractivity contribution in [1.29, 1.82) is 0 Å². The van der Waals surface area contributed by atoms with Crippen LogP contribution in [0.5, 0.6) is 11.5 Å². The van der Waals surface area contributed by atoms with Gasteiger partial charge in [0, 0.05) is 11.8 Å². The van der Waals surface area contributed by atoms with E-state index in [1.54, 1.807) is 53.9 Å². The number of aliphatic hydroxyl groups is 1. The van der Waals surface area contributed by atoms with Crippen LogP contribution in [0.15, 0.2) is 77.4 Å². The number of benzene rings is 2. The van der Waals surface area contributed by atoms with Crippen LogP contribution in [0, 0.1) is 0 Å². The highest BCUT2D eigenvalue weighted by Gasteiger charge is 2.45. The molecule has 0 saturated carbocycles. The maximum atomic E-state index is 13.2. The molecule has 29 heavy (non-hydrogen) atoms. The number of hydrogen-bond acceptors (Lipinski definition) is 6. The van der Waals surface area contributed by atoms with E-state index in [1.807, 2.05) is 0 Å². The lowest BCUT2D eigenvalue weighted by molar-refractivity contribution is -0.117. The van der Waals surface area contributed by atoms with Gasteiger partial charge in [-0.2, -0.15) is 0 Å². The van der Waals surface area contributed by atoms with Crippen molar-refractivity contribution in [2.45, 2.75) is 6.04 Å². The number of methoxy groups -OCH3 is 1. The van der Waals surface area contributed by atoms with Crippen molar-refractivity contribution in [3.8, 4) is 11.5 Å². The van der Waals surface area contributed by atoms with Crippen LogP contribution in [-0.4, -0.2) is 29.0 Å². The molecule has 1 atom stereocenters. The molecule has 3 aromatic rings. The van der Waals surface area contributed by atoms with Gasteiger partial charge in [-0.1, -0.05) is 24.3 Å². The first-order chi connectivity index (χ1) is 14.0. The lowest BCUT2D eigenvalue weighted by atomic mass is 9.95. The quantitative estimate of drug-likeness (QED) is 0.618. The molecule has 1 aliphatic rings. The lowest BCUT2D eigenvalue weighted by Gasteiger charge is -2.27. The molecule has 1 amide bonds. The molecule has 146 valence electrons. The van der Waals surface area contributed by atoms with E-state index in [0.717, 1.165) is 0 Å². The molecule has 4 rings (SSSR count). The van der Waals surface area contributed by atoms with Crippen LogP contribution in [0.25, 0.3) is 0 Å². The molecule has 0 spiro atoms. The predicted molar refractivity (Wildman–Crippen MR) is 110 cm³/mol. The third-order valence-corrected chi connectivity index (χ3v) is 5.58. The summed E-state index contributed by atoms with van der Waals surface area (Å²) in [5.41, 5.74) is 0.944.